The zero-order valence-corrected chi connectivity index (χ0v) is 12.3. The second-order valence-corrected chi connectivity index (χ2v) is 6.82. The van der Waals surface area contributed by atoms with E-state index in [4.69, 9.17) is 11.6 Å². The molecule has 3 nitrogen and oxygen atoms in total. The monoisotopic (exact) mass is 313 g/mol. The van der Waals surface area contributed by atoms with Crippen LogP contribution in [0.2, 0.25) is 5.02 Å². The Morgan fingerprint density at radius 2 is 1.60 bits per heavy atom. The molecule has 0 fully saturated rings. The van der Waals surface area contributed by atoms with Gasteiger partial charge in [-0.2, -0.15) is 4.31 Å². The lowest BCUT2D eigenvalue weighted by Crippen LogP contribution is -2.26. The summed E-state index contributed by atoms with van der Waals surface area (Å²) in [5.74, 6) is -0.350. The molecule has 0 saturated carbocycles. The predicted molar refractivity (Wildman–Crippen MR) is 76.5 cm³/mol. The molecule has 0 aliphatic rings. The number of rotatable bonds is 4. The molecule has 106 valence electrons. The molecule has 0 heterocycles. The first kappa shape index (κ1) is 15.0. The summed E-state index contributed by atoms with van der Waals surface area (Å²) in [6, 6.07) is 11.7. The van der Waals surface area contributed by atoms with Gasteiger partial charge in [-0.1, -0.05) is 23.7 Å². The first-order valence-electron chi connectivity index (χ1n) is 5.86. The summed E-state index contributed by atoms with van der Waals surface area (Å²) in [5, 5.41) is 0.477. The van der Waals surface area contributed by atoms with Gasteiger partial charge in [-0.15, -0.1) is 0 Å². The Kier molecular flexibility index (Phi) is 4.42. The maximum Gasteiger partial charge on any atom is 0.243 e. The quantitative estimate of drug-likeness (QED) is 0.868. The molecule has 0 unspecified atom stereocenters. The maximum absolute atomic E-state index is 12.8. The molecule has 2 aromatic rings. The van der Waals surface area contributed by atoms with E-state index < -0.39 is 10.0 Å². The van der Waals surface area contributed by atoms with Gasteiger partial charge < -0.3 is 0 Å². The van der Waals surface area contributed by atoms with E-state index in [0.29, 0.717) is 10.6 Å². The van der Waals surface area contributed by atoms with E-state index >= 15 is 0 Å². The van der Waals surface area contributed by atoms with E-state index in [1.54, 1.807) is 12.1 Å². The molecule has 6 heteroatoms. The van der Waals surface area contributed by atoms with Crippen molar-refractivity contribution in [1.82, 2.24) is 4.31 Å². The van der Waals surface area contributed by atoms with Crippen molar-refractivity contribution in [1.29, 1.82) is 0 Å². The summed E-state index contributed by atoms with van der Waals surface area (Å²) >= 11 is 5.74. The van der Waals surface area contributed by atoms with Crippen LogP contribution in [0.25, 0.3) is 0 Å². The molecule has 0 aliphatic carbocycles. The van der Waals surface area contributed by atoms with Crippen LogP contribution in [-0.2, 0) is 16.6 Å². The van der Waals surface area contributed by atoms with Crippen molar-refractivity contribution in [2.24, 2.45) is 0 Å². The Balaban J connectivity index is 2.21. The molecule has 0 aromatic heterocycles. The van der Waals surface area contributed by atoms with Crippen molar-refractivity contribution in [3.8, 4) is 0 Å². The minimum absolute atomic E-state index is 0.172. The number of hydrogen-bond donors (Lipinski definition) is 0. The Labute approximate surface area is 122 Å². The molecular formula is C14H13ClFNO2S. The summed E-state index contributed by atoms with van der Waals surface area (Å²) in [6.07, 6.45) is 0. The van der Waals surface area contributed by atoms with Crippen LogP contribution in [0.5, 0.6) is 0 Å². The zero-order valence-electron chi connectivity index (χ0n) is 10.8. The number of nitrogens with zero attached hydrogens (tertiary/aromatic N) is 1. The van der Waals surface area contributed by atoms with E-state index in [1.807, 2.05) is 0 Å². The molecule has 0 atom stereocenters. The normalized spacial score (nSPS) is 11.8. The molecule has 0 radical (unpaired) electrons. The number of benzene rings is 2. The molecule has 0 amide bonds. The second kappa shape index (κ2) is 5.91. The lowest BCUT2D eigenvalue weighted by molar-refractivity contribution is 0.466. The molecule has 20 heavy (non-hydrogen) atoms. The fourth-order valence-electron chi connectivity index (χ4n) is 1.72. The molecule has 0 saturated heterocycles. The van der Waals surface area contributed by atoms with E-state index in [-0.39, 0.29) is 17.3 Å². The lowest BCUT2D eigenvalue weighted by Gasteiger charge is -2.17. The molecular weight excluding hydrogens is 301 g/mol. The van der Waals surface area contributed by atoms with Gasteiger partial charge >= 0.3 is 0 Å². The van der Waals surface area contributed by atoms with Crippen LogP contribution < -0.4 is 0 Å². The summed E-state index contributed by atoms with van der Waals surface area (Å²) in [6.45, 7) is 0.172. The van der Waals surface area contributed by atoms with Gasteiger partial charge in [0.15, 0.2) is 0 Å². The highest BCUT2D eigenvalue weighted by Crippen LogP contribution is 2.19. The van der Waals surface area contributed by atoms with E-state index in [0.717, 1.165) is 0 Å². The molecule has 0 aliphatic heterocycles. The third-order valence-electron chi connectivity index (χ3n) is 2.84. The maximum atomic E-state index is 12.8. The van der Waals surface area contributed by atoms with E-state index in [1.165, 1.54) is 47.8 Å². The van der Waals surface area contributed by atoms with Gasteiger partial charge in [0.1, 0.15) is 5.82 Å². The minimum atomic E-state index is -3.58. The van der Waals surface area contributed by atoms with Gasteiger partial charge in [0, 0.05) is 18.6 Å². The first-order valence-corrected chi connectivity index (χ1v) is 7.68. The van der Waals surface area contributed by atoms with Crippen LogP contribution in [0.4, 0.5) is 4.39 Å². The molecule has 2 aromatic carbocycles. The van der Waals surface area contributed by atoms with Gasteiger partial charge in [0.2, 0.25) is 10.0 Å². The van der Waals surface area contributed by atoms with Crippen molar-refractivity contribution >= 4 is 21.6 Å². The molecule has 0 bridgehead atoms. The van der Waals surface area contributed by atoms with Crippen LogP contribution in [0.15, 0.2) is 53.4 Å². The van der Waals surface area contributed by atoms with E-state index in [2.05, 4.69) is 0 Å². The third-order valence-corrected chi connectivity index (χ3v) is 4.91. The fourth-order valence-corrected chi connectivity index (χ4v) is 3.00. The average Bonchev–Trinajstić information content (AvgIpc) is 2.42. The standard InChI is InChI=1S/C14H13ClFNO2S/c1-17(10-11-2-6-13(16)7-3-11)20(18,19)14-8-4-12(15)5-9-14/h2-9H,10H2,1H3. The highest BCUT2D eigenvalue weighted by molar-refractivity contribution is 7.89. The van der Waals surface area contributed by atoms with Crippen LogP contribution in [0.1, 0.15) is 5.56 Å². The third kappa shape index (κ3) is 3.36. The smallest absolute Gasteiger partial charge is 0.207 e. The van der Waals surface area contributed by atoms with Crippen molar-refractivity contribution < 1.29 is 12.8 Å². The van der Waals surface area contributed by atoms with Gasteiger partial charge in [0.25, 0.3) is 0 Å². The SMILES string of the molecule is CN(Cc1ccc(F)cc1)S(=O)(=O)c1ccc(Cl)cc1. The van der Waals surface area contributed by atoms with Gasteiger partial charge in [-0.3, -0.25) is 0 Å². The number of sulfonamides is 1. The van der Waals surface area contributed by atoms with Crippen molar-refractivity contribution in [3.63, 3.8) is 0 Å². The van der Waals surface area contributed by atoms with Crippen LogP contribution in [-0.4, -0.2) is 19.8 Å². The fraction of sp³-hybridized carbons (Fsp3) is 0.143. The van der Waals surface area contributed by atoms with Crippen LogP contribution in [0, 0.1) is 5.82 Å². The summed E-state index contributed by atoms with van der Waals surface area (Å²) in [4.78, 5) is 0.173. The summed E-state index contributed by atoms with van der Waals surface area (Å²) in [5.41, 5.74) is 0.714. The summed E-state index contributed by atoms with van der Waals surface area (Å²) in [7, 11) is -2.10. The van der Waals surface area contributed by atoms with Crippen molar-refractivity contribution in [2.75, 3.05) is 7.05 Å². The number of halogens is 2. The first-order chi connectivity index (χ1) is 9.39. The number of hydrogen-bond acceptors (Lipinski definition) is 2. The van der Waals surface area contributed by atoms with Gasteiger partial charge in [-0.25, -0.2) is 12.8 Å². The molecule has 0 N–H and O–H groups in total. The largest absolute Gasteiger partial charge is 0.243 e. The highest BCUT2D eigenvalue weighted by Gasteiger charge is 2.20. The Morgan fingerprint density at radius 1 is 1.05 bits per heavy atom. The predicted octanol–water partition coefficient (Wildman–Crippen LogP) is 3.30. The van der Waals surface area contributed by atoms with Gasteiger partial charge in [0.05, 0.1) is 4.90 Å². The summed E-state index contributed by atoms with van der Waals surface area (Å²) < 4.78 is 38.7. The van der Waals surface area contributed by atoms with Gasteiger partial charge in [-0.05, 0) is 42.0 Å². The van der Waals surface area contributed by atoms with Crippen molar-refractivity contribution in [2.45, 2.75) is 11.4 Å². The molecule has 2 rings (SSSR count). The minimum Gasteiger partial charge on any atom is -0.207 e. The average molecular weight is 314 g/mol. The topological polar surface area (TPSA) is 37.4 Å². The molecule has 0 spiro atoms. The van der Waals surface area contributed by atoms with Crippen LogP contribution >= 0.6 is 11.6 Å². The van der Waals surface area contributed by atoms with E-state index in [9.17, 15) is 12.8 Å². The second-order valence-electron chi connectivity index (χ2n) is 4.34. The lowest BCUT2D eigenvalue weighted by atomic mass is 10.2. The Hall–Kier alpha value is -1.43. The zero-order chi connectivity index (χ0) is 14.8. The highest BCUT2D eigenvalue weighted by atomic mass is 35.5. The van der Waals surface area contributed by atoms with Crippen LogP contribution in [0.3, 0.4) is 0 Å². The van der Waals surface area contributed by atoms with Crippen molar-refractivity contribution in [3.05, 3.63) is 64.9 Å². The Bertz CT molecular complexity index is 684. The Morgan fingerprint density at radius 3 is 2.15 bits per heavy atom.